The molecule has 1 saturated heterocycles. The smallest absolute Gasteiger partial charge is 0.333 e. The van der Waals surface area contributed by atoms with Crippen LogP contribution in [0.3, 0.4) is 0 Å². The number of unbranched alkanes of at least 4 members (excludes halogenated alkanes) is 2. The summed E-state index contributed by atoms with van der Waals surface area (Å²) in [6.45, 7) is 10.6. The van der Waals surface area contributed by atoms with Crippen LogP contribution in [-0.2, 0) is 74.6 Å². The van der Waals surface area contributed by atoms with Crippen LogP contribution < -0.4 is 14.8 Å². The summed E-state index contributed by atoms with van der Waals surface area (Å²) in [4.78, 5) is 42.8. The number of hydrogen-bond donors (Lipinski definition) is 0. The number of hydroxylamine groups is 2. The summed E-state index contributed by atoms with van der Waals surface area (Å²) < 4.78 is 132. The fraction of sp³-hybridized carbons (Fsp3) is 0.542. The van der Waals surface area contributed by atoms with Crippen LogP contribution >= 0.6 is 0 Å². The molecule has 1 fully saturated rings. The van der Waals surface area contributed by atoms with Crippen LogP contribution in [0.4, 0.5) is 5.69 Å². The maximum atomic E-state index is 12.5. The summed E-state index contributed by atoms with van der Waals surface area (Å²) in [5.74, 6) is -2.22. The first kappa shape index (κ1) is 57.1. The van der Waals surface area contributed by atoms with Crippen molar-refractivity contribution in [1.29, 1.82) is 0 Å². The Balaban J connectivity index is 1.51. The van der Waals surface area contributed by atoms with Crippen LogP contribution in [0.1, 0.15) is 102 Å². The first-order valence-electron chi connectivity index (χ1n) is 23.3. The lowest BCUT2D eigenvalue weighted by Gasteiger charge is -2.31. The third-order valence-electron chi connectivity index (χ3n) is 12.1. The van der Waals surface area contributed by atoms with Crippen molar-refractivity contribution < 1.29 is 76.8 Å². The van der Waals surface area contributed by atoms with E-state index in [1.807, 2.05) is 54.5 Å². The monoisotopic (exact) mass is 1050 g/mol. The Kier molecular flexibility index (Phi) is 19.9. The average molecular weight is 1050 g/mol. The quantitative estimate of drug-likeness (QED) is 0.0449. The number of ether oxygens (including phenoxy) is 3. The Labute approximate surface area is 415 Å². The maximum absolute atomic E-state index is 12.5. The Bertz CT molecular complexity index is 2820. The highest BCUT2D eigenvalue weighted by atomic mass is 32.2. The number of benzene rings is 2. The Morgan fingerprint density at radius 2 is 1.48 bits per heavy atom. The van der Waals surface area contributed by atoms with Gasteiger partial charge in [0, 0.05) is 79.3 Å². The third kappa shape index (κ3) is 16.6. The molecule has 0 N–H and O–H groups in total. The molecule has 4 aliphatic rings. The molecule has 0 spiro atoms. The molecule has 23 heteroatoms. The van der Waals surface area contributed by atoms with Gasteiger partial charge in [0.1, 0.15) is 34.8 Å². The summed E-state index contributed by atoms with van der Waals surface area (Å²) in [7, 11) is -12.4. The largest absolute Gasteiger partial charge is 0.748 e. The minimum atomic E-state index is -4.92. The third-order valence-corrected chi connectivity index (χ3v) is 14.5. The topological polar surface area (TPSA) is 282 Å². The maximum Gasteiger partial charge on any atom is 0.333 e. The molecule has 392 valence electrons. The fourth-order valence-electron chi connectivity index (χ4n) is 8.58. The van der Waals surface area contributed by atoms with Gasteiger partial charge in [0.05, 0.1) is 57.6 Å². The number of fused-ring (bicyclic) bond motifs is 2. The van der Waals surface area contributed by atoms with E-state index in [1.165, 1.54) is 18.2 Å². The van der Waals surface area contributed by atoms with Crippen LogP contribution in [0.25, 0.3) is 17.4 Å². The van der Waals surface area contributed by atoms with Crippen molar-refractivity contribution >= 4 is 59.9 Å². The van der Waals surface area contributed by atoms with Gasteiger partial charge in [0.15, 0.2) is 6.54 Å². The number of methoxy groups -OCH3 is 1. The van der Waals surface area contributed by atoms with E-state index in [9.17, 15) is 53.3 Å². The standard InChI is InChI=1S/C48H65N3O17S3/c1-47(2,3)39-33-36(67-42-32-35(15-17-38(39)42)49(22-11-31-70(58,59)60)24-25-65-28-29-66-27-26-64-5)12-9-13-43-48(4,21-10-30-69(55,56)57)40-34-37(71(61,62)63)16-18-41(40)50(43)23-8-6-7-14-46(54)68-51-44(52)19-20-45(51)53/h9,12-13,15-18,32-34H,6-8,10-11,14,19-31H2,1-5H3,(H2-,55,56,57,58,59,60,61,62,63)/p-2. The lowest BCUT2D eigenvalue weighted by molar-refractivity contribution is -0.197. The van der Waals surface area contributed by atoms with Gasteiger partial charge in [-0.15, -0.1) is 5.06 Å². The van der Waals surface area contributed by atoms with E-state index < -0.39 is 70.0 Å². The molecule has 1 unspecified atom stereocenters. The first-order valence-corrected chi connectivity index (χ1v) is 27.9. The van der Waals surface area contributed by atoms with Gasteiger partial charge in [-0.05, 0) is 91.6 Å². The van der Waals surface area contributed by atoms with E-state index in [4.69, 9.17) is 23.5 Å². The summed E-state index contributed by atoms with van der Waals surface area (Å²) in [6, 6.07) is 11.5. The van der Waals surface area contributed by atoms with Gasteiger partial charge in [-0.25, -0.2) is 34.6 Å². The zero-order valence-corrected chi connectivity index (χ0v) is 43.2. The Morgan fingerprint density at radius 1 is 0.817 bits per heavy atom. The highest BCUT2D eigenvalue weighted by Crippen LogP contribution is 2.51. The van der Waals surface area contributed by atoms with Crippen LogP contribution in [-0.4, -0.2) is 133 Å². The lowest BCUT2D eigenvalue weighted by atomic mass is 9.77. The lowest BCUT2D eigenvalue weighted by Crippen LogP contribution is -2.35. The van der Waals surface area contributed by atoms with Gasteiger partial charge in [0.25, 0.3) is 11.8 Å². The molecule has 1 aromatic rings. The number of allylic oxidation sites excluding steroid dienone is 3. The molecule has 3 aliphatic heterocycles. The molecule has 0 bridgehead atoms. The van der Waals surface area contributed by atoms with E-state index in [1.54, 1.807) is 32.3 Å². The predicted molar refractivity (Wildman–Crippen MR) is 257 cm³/mol. The zero-order valence-electron chi connectivity index (χ0n) is 40.7. The van der Waals surface area contributed by atoms with Gasteiger partial charge in [-0.1, -0.05) is 33.3 Å². The zero-order chi connectivity index (χ0) is 52.2. The molecule has 5 rings (SSSR count). The first-order chi connectivity index (χ1) is 33.3. The number of imide groups is 1. The van der Waals surface area contributed by atoms with Crippen LogP contribution in [0, 0.1) is 0 Å². The summed E-state index contributed by atoms with van der Waals surface area (Å²) in [6.07, 6.45) is 6.42. The van der Waals surface area contributed by atoms with Crippen molar-refractivity contribution in [1.82, 2.24) is 9.64 Å². The average Bonchev–Trinajstić information content (AvgIpc) is 3.71. The highest BCUT2D eigenvalue weighted by molar-refractivity contribution is 7.86. The second-order valence-electron chi connectivity index (χ2n) is 18.6. The van der Waals surface area contributed by atoms with Gasteiger partial charge in [0.2, 0.25) is 5.36 Å². The van der Waals surface area contributed by atoms with Gasteiger partial charge < -0.3 is 42.0 Å². The molecule has 0 saturated carbocycles. The second kappa shape index (κ2) is 24.7. The Hall–Kier alpha value is -4.85. The van der Waals surface area contributed by atoms with Crippen molar-refractivity contribution in [2.24, 2.45) is 0 Å². The second-order valence-corrected chi connectivity index (χ2v) is 23.0. The van der Waals surface area contributed by atoms with Gasteiger partial charge >= 0.3 is 5.97 Å². The minimum absolute atomic E-state index is 0.0354. The van der Waals surface area contributed by atoms with E-state index in [-0.39, 0.29) is 57.1 Å². The van der Waals surface area contributed by atoms with E-state index >= 15 is 0 Å². The molecule has 71 heavy (non-hydrogen) atoms. The molecule has 2 amide bonds. The van der Waals surface area contributed by atoms with Crippen LogP contribution in [0.5, 0.6) is 0 Å². The molecular weight excluding hydrogens is 987 g/mol. The summed E-state index contributed by atoms with van der Waals surface area (Å²) >= 11 is 0. The summed E-state index contributed by atoms with van der Waals surface area (Å²) in [5.41, 5.74) is 1.82. The number of carbonyl (C=O) groups is 3. The minimum Gasteiger partial charge on any atom is -0.748 e. The van der Waals surface area contributed by atoms with E-state index in [0.29, 0.717) is 97.7 Å². The van der Waals surface area contributed by atoms with Crippen LogP contribution in [0.2, 0.25) is 0 Å². The molecule has 20 nitrogen and oxygen atoms in total. The van der Waals surface area contributed by atoms with E-state index in [0.717, 1.165) is 11.1 Å². The van der Waals surface area contributed by atoms with Crippen molar-refractivity contribution in [2.75, 3.05) is 76.2 Å². The van der Waals surface area contributed by atoms with Gasteiger partial charge in [-0.3, -0.25) is 9.59 Å². The molecule has 1 aliphatic carbocycles. The molecule has 1 aromatic carbocycles. The normalized spacial score (nSPS) is 17.8. The molecule has 0 aromatic heterocycles. The SMILES string of the molecule is COCCOCCOCC[N+](CCCS(=O)(=O)[O-])=c1ccc2c(C(C)(C)C)cc(/C=C/C=C3/N(CCCCCC(=O)ON4C(=O)CCC4=O)c4ccc(S(=O)(=O)[O-])cc4C3(C)CCCS(=O)(=O)[O-])oc-2c1. The molecule has 1 atom stereocenters. The number of hydrogen-bond acceptors (Lipinski definition) is 18. The Morgan fingerprint density at radius 3 is 2.13 bits per heavy atom. The van der Waals surface area contributed by atoms with Gasteiger partial charge in [-0.2, -0.15) is 0 Å². The number of carbonyl (C=O) groups excluding carboxylic acids is 3. The highest BCUT2D eigenvalue weighted by Gasteiger charge is 2.43. The number of anilines is 1. The molecular formula is C48H63N3O17S3-2. The number of amides is 2. The van der Waals surface area contributed by atoms with Crippen molar-refractivity contribution in [2.45, 2.75) is 101 Å². The van der Waals surface area contributed by atoms with Crippen molar-refractivity contribution in [3.63, 3.8) is 0 Å². The fourth-order valence-corrected chi connectivity index (χ4v) is 10.1. The predicted octanol–water partition coefficient (Wildman–Crippen LogP) is 4.14. The van der Waals surface area contributed by atoms with E-state index in [2.05, 4.69) is 0 Å². The number of nitrogens with zero attached hydrogens (tertiary/aromatic N) is 3. The summed E-state index contributed by atoms with van der Waals surface area (Å²) in [5, 5.41) is 1.18. The van der Waals surface area contributed by atoms with Crippen molar-refractivity contribution in [3.8, 4) is 11.3 Å². The van der Waals surface area contributed by atoms with Crippen molar-refractivity contribution in [3.05, 3.63) is 82.6 Å². The van der Waals surface area contributed by atoms with Crippen LogP contribution in [0.15, 0.2) is 69.6 Å². The number of rotatable bonds is 27. The molecule has 0 radical (unpaired) electrons. The molecule has 3 heterocycles.